The molecular formula is C24H24BrN3O4S. The Morgan fingerprint density at radius 3 is 2.36 bits per heavy atom. The zero-order valence-electron chi connectivity index (χ0n) is 18.2. The SMILES string of the molecule is CCOc1ccc(N(CC(=O)N/N=C\c2ccccc2Br)S(=O)(=O)c2ccc(C)cc2)cc1. The van der Waals surface area contributed by atoms with E-state index in [1.54, 1.807) is 36.4 Å². The number of rotatable bonds is 9. The summed E-state index contributed by atoms with van der Waals surface area (Å²) in [7, 11) is -4.00. The van der Waals surface area contributed by atoms with Crippen LogP contribution in [0.5, 0.6) is 5.75 Å². The molecule has 172 valence electrons. The van der Waals surface area contributed by atoms with Gasteiger partial charge in [-0.15, -0.1) is 0 Å². The van der Waals surface area contributed by atoms with E-state index in [1.165, 1.54) is 18.3 Å². The van der Waals surface area contributed by atoms with Crippen molar-refractivity contribution in [2.24, 2.45) is 5.10 Å². The van der Waals surface area contributed by atoms with Crippen LogP contribution >= 0.6 is 15.9 Å². The van der Waals surface area contributed by atoms with E-state index >= 15 is 0 Å². The molecule has 33 heavy (non-hydrogen) atoms. The number of amides is 1. The minimum absolute atomic E-state index is 0.0894. The Balaban J connectivity index is 1.85. The smallest absolute Gasteiger partial charge is 0.264 e. The molecule has 0 fully saturated rings. The van der Waals surface area contributed by atoms with Gasteiger partial charge >= 0.3 is 0 Å². The second-order valence-corrected chi connectivity index (χ2v) is 9.78. The zero-order valence-corrected chi connectivity index (χ0v) is 20.6. The molecule has 0 bridgehead atoms. The normalized spacial score (nSPS) is 11.4. The number of ether oxygens (including phenoxy) is 1. The molecule has 3 aromatic rings. The van der Waals surface area contributed by atoms with Crippen molar-refractivity contribution < 1.29 is 17.9 Å². The lowest BCUT2D eigenvalue weighted by atomic mass is 10.2. The summed E-state index contributed by atoms with van der Waals surface area (Å²) in [6.07, 6.45) is 1.48. The van der Waals surface area contributed by atoms with Gasteiger partial charge in [-0.25, -0.2) is 13.8 Å². The molecular weight excluding hydrogens is 506 g/mol. The number of carbonyl (C=O) groups excluding carboxylic acids is 1. The molecule has 0 radical (unpaired) electrons. The number of hydrogen-bond donors (Lipinski definition) is 1. The molecule has 0 atom stereocenters. The molecule has 7 nitrogen and oxygen atoms in total. The van der Waals surface area contributed by atoms with Crippen molar-refractivity contribution in [3.63, 3.8) is 0 Å². The lowest BCUT2D eigenvalue weighted by Crippen LogP contribution is -2.39. The van der Waals surface area contributed by atoms with Crippen LogP contribution in [0, 0.1) is 6.92 Å². The van der Waals surface area contributed by atoms with Crippen LogP contribution in [0.1, 0.15) is 18.1 Å². The molecule has 0 saturated carbocycles. The molecule has 0 unspecified atom stereocenters. The minimum atomic E-state index is -4.00. The Morgan fingerprint density at radius 1 is 1.06 bits per heavy atom. The molecule has 1 N–H and O–H groups in total. The lowest BCUT2D eigenvalue weighted by Gasteiger charge is -2.24. The van der Waals surface area contributed by atoms with Crippen molar-refractivity contribution in [3.05, 3.63) is 88.4 Å². The summed E-state index contributed by atoms with van der Waals surface area (Å²) in [4.78, 5) is 12.7. The van der Waals surface area contributed by atoms with Gasteiger partial charge in [-0.05, 0) is 56.3 Å². The molecule has 0 spiro atoms. The van der Waals surface area contributed by atoms with E-state index in [2.05, 4.69) is 26.5 Å². The van der Waals surface area contributed by atoms with Crippen molar-refractivity contribution in [1.29, 1.82) is 0 Å². The largest absolute Gasteiger partial charge is 0.494 e. The first-order valence-electron chi connectivity index (χ1n) is 10.2. The second kappa shape index (κ2) is 11.1. The zero-order chi connectivity index (χ0) is 23.8. The average Bonchev–Trinajstić information content (AvgIpc) is 2.80. The predicted molar refractivity (Wildman–Crippen MR) is 133 cm³/mol. The van der Waals surface area contributed by atoms with E-state index in [9.17, 15) is 13.2 Å². The van der Waals surface area contributed by atoms with Crippen LogP contribution in [-0.2, 0) is 14.8 Å². The van der Waals surface area contributed by atoms with E-state index in [0.29, 0.717) is 18.0 Å². The van der Waals surface area contributed by atoms with Gasteiger partial charge in [0, 0.05) is 10.0 Å². The fourth-order valence-corrected chi connectivity index (χ4v) is 4.76. The second-order valence-electron chi connectivity index (χ2n) is 7.07. The molecule has 3 rings (SSSR count). The molecule has 0 aliphatic heterocycles. The van der Waals surface area contributed by atoms with Gasteiger partial charge < -0.3 is 4.74 Å². The third-order valence-corrected chi connectivity index (χ3v) is 7.14. The Labute approximate surface area is 202 Å². The predicted octanol–water partition coefficient (Wildman–Crippen LogP) is 4.50. The van der Waals surface area contributed by atoms with Gasteiger partial charge in [-0.1, -0.05) is 51.8 Å². The number of hydrogen-bond acceptors (Lipinski definition) is 5. The lowest BCUT2D eigenvalue weighted by molar-refractivity contribution is -0.119. The summed E-state index contributed by atoms with van der Waals surface area (Å²) in [6.45, 7) is 3.78. The highest BCUT2D eigenvalue weighted by atomic mass is 79.9. The quantitative estimate of drug-likeness (QED) is 0.326. The number of sulfonamides is 1. The summed E-state index contributed by atoms with van der Waals surface area (Å²) in [6, 6.07) is 20.4. The number of benzene rings is 3. The molecule has 0 aromatic heterocycles. The number of hydrazone groups is 1. The fourth-order valence-electron chi connectivity index (χ4n) is 2.95. The minimum Gasteiger partial charge on any atom is -0.494 e. The molecule has 1 amide bonds. The van der Waals surface area contributed by atoms with Crippen LogP contribution < -0.4 is 14.5 Å². The van der Waals surface area contributed by atoms with E-state index in [4.69, 9.17) is 4.74 Å². The molecule has 3 aromatic carbocycles. The maximum absolute atomic E-state index is 13.4. The number of carbonyl (C=O) groups is 1. The number of nitrogens with zero attached hydrogens (tertiary/aromatic N) is 2. The van der Waals surface area contributed by atoms with Crippen LogP contribution in [0.4, 0.5) is 5.69 Å². The topological polar surface area (TPSA) is 88.1 Å². The third-order valence-electron chi connectivity index (χ3n) is 4.63. The summed E-state index contributed by atoms with van der Waals surface area (Å²) in [5.74, 6) is 0.0271. The van der Waals surface area contributed by atoms with Crippen molar-refractivity contribution in [2.75, 3.05) is 17.5 Å². The number of nitrogens with one attached hydrogen (secondary N) is 1. The van der Waals surface area contributed by atoms with Crippen LogP contribution in [-0.4, -0.2) is 33.7 Å². The fraction of sp³-hybridized carbons (Fsp3) is 0.167. The van der Waals surface area contributed by atoms with Crippen molar-refractivity contribution in [2.45, 2.75) is 18.7 Å². The third kappa shape index (κ3) is 6.43. The highest BCUT2D eigenvalue weighted by Gasteiger charge is 2.27. The standard InChI is InChI=1S/C24H24BrN3O4S/c1-3-32-21-12-10-20(11-13-21)28(33(30,31)22-14-8-18(2)9-15-22)17-24(29)27-26-16-19-6-4-5-7-23(19)25/h4-16H,3,17H2,1-2H3,(H,27,29)/b26-16-. The number of anilines is 1. The number of halogens is 1. The van der Waals surface area contributed by atoms with Gasteiger partial charge in [-0.2, -0.15) is 5.10 Å². The maximum atomic E-state index is 13.4. The average molecular weight is 530 g/mol. The van der Waals surface area contributed by atoms with E-state index in [1.807, 2.05) is 38.1 Å². The van der Waals surface area contributed by atoms with E-state index in [0.717, 1.165) is 19.9 Å². The van der Waals surface area contributed by atoms with Gasteiger partial charge in [0.1, 0.15) is 12.3 Å². The van der Waals surface area contributed by atoms with Crippen molar-refractivity contribution >= 4 is 43.8 Å². The molecule has 0 heterocycles. The monoisotopic (exact) mass is 529 g/mol. The maximum Gasteiger partial charge on any atom is 0.264 e. The first kappa shape index (κ1) is 24.5. The van der Waals surface area contributed by atoms with Gasteiger partial charge in [0.25, 0.3) is 15.9 Å². The van der Waals surface area contributed by atoms with Crippen molar-refractivity contribution in [3.8, 4) is 5.75 Å². The van der Waals surface area contributed by atoms with Crippen LogP contribution in [0.15, 0.2) is 87.3 Å². The molecule has 0 aliphatic carbocycles. The van der Waals surface area contributed by atoms with Gasteiger partial charge in [0.15, 0.2) is 0 Å². The summed E-state index contributed by atoms with van der Waals surface area (Å²) < 4.78 is 34.1. The van der Waals surface area contributed by atoms with Crippen LogP contribution in [0.25, 0.3) is 0 Å². The molecule has 0 aliphatic rings. The Bertz CT molecular complexity index is 1230. The van der Waals surface area contributed by atoms with Crippen molar-refractivity contribution in [1.82, 2.24) is 5.43 Å². The molecule has 0 saturated heterocycles. The van der Waals surface area contributed by atoms with E-state index < -0.39 is 22.5 Å². The van der Waals surface area contributed by atoms with Gasteiger partial charge in [0.05, 0.1) is 23.4 Å². The van der Waals surface area contributed by atoms with Gasteiger partial charge in [0.2, 0.25) is 0 Å². The highest BCUT2D eigenvalue weighted by molar-refractivity contribution is 9.10. The Morgan fingerprint density at radius 2 is 1.73 bits per heavy atom. The Kier molecular flexibility index (Phi) is 8.24. The summed E-state index contributed by atoms with van der Waals surface area (Å²) in [5.41, 5.74) is 4.44. The van der Waals surface area contributed by atoms with Gasteiger partial charge in [-0.3, -0.25) is 9.10 Å². The van der Waals surface area contributed by atoms with E-state index in [-0.39, 0.29) is 4.90 Å². The van der Waals surface area contributed by atoms with Crippen LogP contribution in [0.3, 0.4) is 0 Å². The first-order valence-corrected chi connectivity index (χ1v) is 12.4. The first-order chi connectivity index (χ1) is 15.8. The molecule has 9 heteroatoms. The van der Waals surface area contributed by atoms with Crippen LogP contribution in [0.2, 0.25) is 0 Å². The summed E-state index contributed by atoms with van der Waals surface area (Å²) >= 11 is 3.41. The summed E-state index contributed by atoms with van der Waals surface area (Å²) in [5, 5.41) is 3.96. The highest BCUT2D eigenvalue weighted by Crippen LogP contribution is 2.26. The Hall–Kier alpha value is -3.17. The number of aryl methyl sites for hydroxylation is 1.